The molecule has 0 saturated carbocycles. The van der Waals surface area contributed by atoms with Gasteiger partial charge in [-0.15, -0.1) is 0 Å². The number of aryl methyl sites for hydroxylation is 4. The summed E-state index contributed by atoms with van der Waals surface area (Å²) in [4.78, 5) is 21.3. The number of benzene rings is 2. The average molecular weight is 344 g/mol. The molecule has 0 saturated heterocycles. The van der Waals surface area contributed by atoms with E-state index in [9.17, 15) is 20.2 Å². The van der Waals surface area contributed by atoms with Crippen LogP contribution >= 0.6 is 0 Å². The predicted octanol–water partition coefficient (Wildman–Crippen LogP) is 4.45. The lowest BCUT2D eigenvalue weighted by atomic mass is 10.0. The van der Waals surface area contributed by atoms with E-state index in [-0.39, 0.29) is 21.2 Å². The van der Waals surface area contributed by atoms with Gasteiger partial charge in [0.05, 0.1) is 23.1 Å². The van der Waals surface area contributed by atoms with Crippen LogP contribution in [0.5, 0.6) is 0 Å². The molecule has 132 valence electrons. The second-order valence-corrected chi connectivity index (χ2v) is 6.16. The summed E-state index contributed by atoms with van der Waals surface area (Å²) in [5, 5.41) is 22.0. The second kappa shape index (κ2) is 7.40. The highest BCUT2D eigenvalue weighted by Crippen LogP contribution is 2.26. The molecule has 0 radical (unpaired) electrons. The second-order valence-electron chi connectivity index (χ2n) is 6.16. The Labute approximate surface area is 145 Å². The van der Waals surface area contributed by atoms with Crippen molar-refractivity contribution >= 4 is 11.4 Å². The molecule has 0 heterocycles. The third-order valence-corrected chi connectivity index (χ3v) is 4.00. The van der Waals surface area contributed by atoms with Gasteiger partial charge in [-0.1, -0.05) is 0 Å². The van der Waals surface area contributed by atoms with E-state index >= 15 is 0 Å². The molecule has 0 unspecified atom stereocenters. The van der Waals surface area contributed by atoms with Gasteiger partial charge in [-0.2, -0.15) is 0 Å². The minimum atomic E-state index is -0.377. The Hall–Kier alpha value is -2.80. The third kappa shape index (κ3) is 4.19. The van der Waals surface area contributed by atoms with Crippen molar-refractivity contribution in [2.45, 2.75) is 40.9 Å². The summed E-state index contributed by atoms with van der Waals surface area (Å²) < 4.78 is 5.69. The Morgan fingerprint density at radius 2 is 1.00 bits per heavy atom. The molecule has 0 N–H and O–H groups in total. The lowest BCUT2D eigenvalue weighted by Crippen LogP contribution is -2.01. The zero-order valence-electron chi connectivity index (χ0n) is 14.7. The van der Waals surface area contributed by atoms with Crippen LogP contribution in [0.1, 0.15) is 33.4 Å². The van der Waals surface area contributed by atoms with Crippen LogP contribution in [0.15, 0.2) is 24.3 Å². The number of nitrogens with zero attached hydrogens (tertiary/aromatic N) is 2. The largest absolute Gasteiger partial charge is 0.372 e. The van der Waals surface area contributed by atoms with Crippen molar-refractivity contribution in [1.82, 2.24) is 0 Å². The summed E-state index contributed by atoms with van der Waals surface area (Å²) in [6.07, 6.45) is 0. The zero-order chi connectivity index (χ0) is 18.7. The number of ether oxygens (including phenoxy) is 1. The Morgan fingerprint density at radius 3 is 1.24 bits per heavy atom. The van der Waals surface area contributed by atoms with Crippen molar-refractivity contribution < 1.29 is 14.6 Å². The highest BCUT2D eigenvalue weighted by atomic mass is 16.6. The Morgan fingerprint density at radius 1 is 0.720 bits per heavy atom. The van der Waals surface area contributed by atoms with E-state index in [1.54, 1.807) is 52.0 Å². The molecule has 0 atom stereocenters. The first kappa shape index (κ1) is 18.5. The van der Waals surface area contributed by atoms with Crippen molar-refractivity contribution in [2.75, 3.05) is 0 Å². The molecule has 0 aliphatic heterocycles. The lowest BCUT2D eigenvalue weighted by molar-refractivity contribution is -0.386. The Balaban J connectivity index is 2.09. The van der Waals surface area contributed by atoms with Gasteiger partial charge in [0, 0.05) is 22.3 Å². The van der Waals surface area contributed by atoms with Crippen molar-refractivity contribution in [3.05, 3.63) is 77.9 Å². The molecule has 2 aromatic rings. The lowest BCUT2D eigenvalue weighted by Gasteiger charge is -2.09. The maximum Gasteiger partial charge on any atom is 0.275 e. The summed E-state index contributed by atoms with van der Waals surface area (Å²) in [5.74, 6) is 0. The minimum absolute atomic E-state index is 0.130. The van der Waals surface area contributed by atoms with Crippen LogP contribution in [0.25, 0.3) is 0 Å². The van der Waals surface area contributed by atoms with Crippen molar-refractivity contribution in [3.63, 3.8) is 0 Å². The number of rotatable bonds is 6. The van der Waals surface area contributed by atoms with Crippen LogP contribution in [0.4, 0.5) is 11.4 Å². The summed E-state index contributed by atoms with van der Waals surface area (Å²) in [7, 11) is 0. The number of hydrogen-bond acceptors (Lipinski definition) is 5. The van der Waals surface area contributed by atoms with Gasteiger partial charge < -0.3 is 4.74 Å². The van der Waals surface area contributed by atoms with Crippen molar-refractivity contribution in [2.24, 2.45) is 0 Å². The minimum Gasteiger partial charge on any atom is -0.372 e. The highest BCUT2D eigenvalue weighted by Gasteiger charge is 2.17. The normalized spacial score (nSPS) is 10.7. The molecule has 0 fully saturated rings. The van der Waals surface area contributed by atoms with Gasteiger partial charge in [0.1, 0.15) is 0 Å². The first-order chi connectivity index (χ1) is 11.7. The fourth-order valence-corrected chi connectivity index (χ4v) is 3.12. The molecule has 25 heavy (non-hydrogen) atoms. The van der Waals surface area contributed by atoms with E-state index in [1.807, 2.05) is 0 Å². The van der Waals surface area contributed by atoms with Crippen LogP contribution in [-0.4, -0.2) is 9.85 Å². The maximum atomic E-state index is 11.0. The molecular formula is C18H20N2O5. The predicted molar refractivity (Wildman–Crippen MR) is 93.6 cm³/mol. The van der Waals surface area contributed by atoms with Gasteiger partial charge in [0.2, 0.25) is 0 Å². The summed E-state index contributed by atoms with van der Waals surface area (Å²) in [6, 6.07) is 6.99. The summed E-state index contributed by atoms with van der Waals surface area (Å²) in [5.41, 5.74) is 4.38. The molecule has 0 spiro atoms. The van der Waals surface area contributed by atoms with E-state index in [4.69, 9.17) is 4.74 Å². The number of nitro groups is 2. The fourth-order valence-electron chi connectivity index (χ4n) is 3.12. The molecule has 0 aliphatic rings. The van der Waals surface area contributed by atoms with Crippen LogP contribution in [0.3, 0.4) is 0 Å². The molecule has 0 bridgehead atoms. The number of nitro benzene ring substituents is 2. The SMILES string of the molecule is Cc1cc(COCc2cc(C)c([N+](=O)[O-])c(C)c2)cc(C)c1[N+](=O)[O-]. The van der Waals surface area contributed by atoms with E-state index in [1.165, 1.54) is 0 Å². The van der Waals surface area contributed by atoms with Gasteiger partial charge in [-0.05, 0) is 63.1 Å². The highest BCUT2D eigenvalue weighted by molar-refractivity contribution is 5.49. The van der Waals surface area contributed by atoms with Gasteiger partial charge in [-0.25, -0.2) is 0 Å². The maximum absolute atomic E-state index is 11.0. The molecule has 0 amide bonds. The van der Waals surface area contributed by atoms with Crippen LogP contribution in [0, 0.1) is 47.9 Å². The van der Waals surface area contributed by atoms with Crippen molar-refractivity contribution in [1.29, 1.82) is 0 Å². The Kier molecular flexibility index (Phi) is 5.48. The first-order valence-corrected chi connectivity index (χ1v) is 7.77. The smallest absolute Gasteiger partial charge is 0.275 e. The third-order valence-electron chi connectivity index (χ3n) is 4.00. The van der Waals surface area contributed by atoms with Crippen molar-refractivity contribution in [3.8, 4) is 0 Å². The van der Waals surface area contributed by atoms with E-state index in [0.29, 0.717) is 35.5 Å². The van der Waals surface area contributed by atoms with Gasteiger partial charge >= 0.3 is 0 Å². The van der Waals surface area contributed by atoms with Gasteiger partial charge in [-0.3, -0.25) is 20.2 Å². The van der Waals surface area contributed by atoms with Crippen LogP contribution < -0.4 is 0 Å². The molecule has 2 rings (SSSR count). The standard InChI is InChI=1S/C18H20N2O5/c1-11-5-15(6-12(2)17(11)19(21)22)9-25-10-16-7-13(3)18(20(23)24)14(4)8-16/h5-8H,9-10H2,1-4H3. The van der Waals surface area contributed by atoms with Gasteiger partial charge in [0.15, 0.2) is 0 Å². The summed E-state index contributed by atoms with van der Waals surface area (Å²) in [6.45, 7) is 7.45. The quantitative estimate of drug-likeness (QED) is 0.569. The van der Waals surface area contributed by atoms with E-state index in [2.05, 4.69) is 0 Å². The number of hydrogen-bond donors (Lipinski definition) is 0. The van der Waals surface area contributed by atoms with E-state index in [0.717, 1.165) is 11.1 Å². The van der Waals surface area contributed by atoms with Gasteiger partial charge in [0.25, 0.3) is 11.4 Å². The molecule has 7 heteroatoms. The fraction of sp³-hybridized carbons (Fsp3) is 0.333. The molecule has 2 aromatic carbocycles. The Bertz CT molecular complexity index is 730. The first-order valence-electron chi connectivity index (χ1n) is 7.77. The van der Waals surface area contributed by atoms with Crippen LogP contribution in [-0.2, 0) is 18.0 Å². The average Bonchev–Trinajstić information content (AvgIpc) is 2.44. The topological polar surface area (TPSA) is 95.5 Å². The monoisotopic (exact) mass is 344 g/mol. The molecule has 7 nitrogen and oxygen atoms in total. The summed E-state index contributed by atoms with van der Waals surface area (Å²) >= 11 is 0. The molecule has 0 aliphatic carbocycles. The molecule has 0 aromatic heterocycles. The van der Waals surface area contributed by atoms with E-state index < -0.39 is 0 Å². The molecular weight excluding hydrogens is 324 g/mol. The zero-order valence-corrected chi connectivity index (χ0v) is 14.7. The van der Waals surface area contributed by atoms with Crippen LogP contribution in [0.2, 0.25) is 0 Å².